The lowest BCUT2D eigenvalue weighted by Crippen LogP contribution is -2.33. The minimum atomic E-state index is -1.55. The van der Waals surface area contributed by atoms with Crippen LogP contribution in [0.4, 0.5) is 0 Å². The maximum atomic E-state index is 10.8. The average Bonchev–Trinajstić information content (AvgIpc) is 2.81. The van der Waals surface area contributed by atoms with Crippen LogP contribution < -0.4 is 0 Å². The second kappa shape index (κ2) is 5.83. The molecule has 0 aliphatic rings. The predicted octanol–water partition coefficient (Wildman–Crippen LogP) is 1.49. The van der Waals surface area contributed by atoms with E-state index in [9.17, 15) is 9.32 Å². The summed E-state index contributed by atoms with van der Waals surface area (Å²) in [5.41, 5.74) is -1.17. The molecule has 1 aromatic heterocycles. The zero-order valence-electron chi connectivity index (χ0n) is 9.53. The van der Waals surface area contributed by atoms with Crippen LogP contribution in [0.1, 0.15) is 5.56 Å². The molecule has 0 spiro atoms. The predicted molar refractivity (Wildman–Crippen MR) is 74.6 cm³/mol. The van der Waals surface area contributed by atoms with E-state index >= 15 is 0 Å². The summed E-state index contributed by atoms with van der Waals surface area (Å²) in [5, 5.41) is 16.4. The van der Waals surface area contributed by atoms with E-state index in [4.69, 9.17) is 23.2 Å². The van der Waals surface area contributed by atoms with Crippen LogP contribution in [0, 0.1) is 0 Å². The van der Waals surface area contributed by atoms with Gasteiger partial charge in [-0.3, -0.25) is 0 Å². The zero-order chi connectivity index (χ0) is 13.9. The van der Waals surface area contributed by atoms with E-state index in [0.717, 1.165) is 5.37 Å². The molecule has 0 bridgehead atoms. The topological polar surface area (TPSA) is 68.0 Å². The normalized spacial score (nSPS) is 13.8. The number of hydrogen-bond donors (Lipinski definition) is 1. The molecule has 1 heterocycles. The summed E-state index contributed by atoms with van der Waals surface area (Å²) >= 11 is 12.0. The fourth-order valence-electron chi connectivity index (χ4n) is 1.67. The van der Waals surface area contributed by atoms with Crippen molar-refractivity contribution in [3.63, 3.8) is 0 Å². The van der Waals surface area contributed by atoms with Crippen molar-refractivity contribution in [3.8, 4) is 0 Å². The average molecular weight is 318 g/mol. The van der Waals surface area contributed by atoms with Crippen LogP contribution in [0.2, 0.25) is 10.0 Å². The van der Waals surface area contributed by atoms with E-state index in [2.05, 4.69) is 10.1 Å². The fourth-order valence-corrected chi connectivity index (χ4v) is 2.60. The highest BCUT2D eigenvalue weighted by Crippen LogP contribution is 2.30. The number of benzene rings is 1. The van der Waals surface area contributed by atoms with Crippen molar-refractivity contribution >= 4 is 39.8 Å². The molecule has 1 atom stereocenters. The maximum Gasteiger partial charge on any atom is 0.141 e. The molecule has 2 aromatic rings. The van der Waals surface area contributed by atoms with E-state index < -0.39 is 5.60 Å². The molecular weight excluding hydrogens is 309 g/mol. The van der Waals surface area contributed by atoms with Crippen LogP contribution in [0.25, 0.3) is 0 Å². The first kappa shape index (κ1) is 14.2. The Labute approximate surface area is 122 Å². The van der Waals surface area contributed by atoms with Gasteiger partial charge in [-0.15, -0.1) is 0 Å². The second-order valence-electron chi connectivity index (χ2n) is 3.86. The summed E-state index contributed by atoms with van der Waals surface area (Å²) in [6, 6.07) is 4.68. The van der Waals surface area contributed by atoms with Gasteiger partial charge in [0.1, 0.15) is 18.3 Å². The Kier molecular flexibility index (Phi) is 4.36. The SMILES string of the molecule is O=S=CC(O)(Cn1cncn1)c1ccc(Cl)cc1Cl. The van der Waals surface area contributed by atoms with Gasteiger partial charge in [0.25, 0.3) is 0 Å². The van der Waals surface area contributed by atoms with Gasteiger partial charge in [-0.25, -0.2) is 13.9 Å². The summed E-state index contributed by atoms with van der Waals surface area (Å²) in [4.78, 5) is 3.78. The highest BCUT2D eigenvalue weighted by atomic mass is 35.5. The third-order valence-corrected chi connectivity index (χ3v) is 3.54. The van der Waals surface area contributed by atoms with Gasteiger partial charge in [0.15, 0.2) is 0 Å². The van der Waals surface area contributed by atoms with Gasteiger partial charge in [0, 0.05) is 21.0 Å². The molecule has 5 nitrogen and oxygen atoms in total. The molecule has 0 aliphatic heterocycles. The van der Waals surface area contributed by atoms with E-state index in [1.807, 2.05) is 0 Å². The van der Waals surface area contributed by atoms with E-state index in [1.54, 1.807) is 12.1 Å². The van der Waals surface area contributed by atoms with Crippen LogP contribution in [0.3, 0.4) is 0 Å². The Balaban J connectivity index is 2.46. The largest absolute Gasteiger partial charge is 0.378 e. The van der Waals surface area contributed by atoms with Crippen molar-refractivity contribution in [3.05, 3.63) is 46.5 Å². The van der Waals surface area contributed by atoms with Gasteiger partial charge in [-0.05, 0) is 12.1 Å². The minimum absolute atomic E-state index is 0.0313. The lowest BCUT2D eigenvalue weighted by Gasteiger charge is -2.24. The molecule has 0 amide bonds. The summed E-state index contributed by atoms with van der Waals surface area (Å²) in [6.45, 7) is 0.0313. The Morgan fingerprint density at radius 2 is 2.26 bits per heavy atom. The summed E-state index contributed by atoms with van der Waals surface area (Å²) in [6.07, 6.45) is 2.78. The minimum Gasteiger partial charge on any atom is -0.378 e. The number of rotatable bonds is 4. The van der Waals surface area contributed by atoms with Gasteiger partial charge in [-0.1, -0.05) is 29.3 Å². The first-order chi connectivity index (χ1) is 9.05. The van der Waals surface area contributed by atoms with E-state index in [-0.39, 0.29) is 22.8 Å². The van der Waals surface area contributed by atoms with Gasteiger partial charge in [-0.2, -0.15) is 5.10 Å². The van der Waals surface area contributed by atoms with Crippen LogP contribution in [0.15, 0.2) is 30.9 Å². The smallest absolute Gasteiger partial charge is 0.141 e. The molecule has 0 saturated heterocycles. The molecule has 0 saturated carbocycles. The molecule has 100 valence electrons. The van der Waals surface area contributed by atoms with Crippen molar-refractivity contribution in [1.29, 1.82) is 0 Å². The van der Waals surface area contributed by atoms with Gasteiger partial charge in [0.05, 0.1) is 17.8 Å². The fraction of sp³-hybridized carbons (Fsp3) is 0.182. The van der Waals surface area contributed by atoms with Crippen LogP contribution in [-0.2, 0) is 23.4 Å². The molecule has 1 aromatic carbocycles. The number of aliphatic hydroxyl groups is 1. The van der Waals surface area contributed by atoms with Crippen molar-refractivity contribution in [2.24, 2.45) is 0 Å². The van der Waals surface area contributed by atoms with Crippen LogP contribution >= 0.6 is 23.2 Å². The summed E-state index contributed by atoms with van der Waals surface area (Å²) in [5.74, 6) is 0. The van der Waals surface area contributed by atoms with Crippen molar-refractivity contribution in [2.45, 2.75) is 12.1 Å². The molecule has 1 unspecified atom stereocenters. The molecule has 0 radical (unpaired) electrons. The van der Waals surface area contributed by atoms with Crippen LogP contribution in [0.5, 0.6) is 0 Å². The Morgan fingerprint density at radius 1 is 1.47 bits per heavy atom. The van der Waals surface area contributed by atoms with Gasteiger partial charge in [0.2, 0.25) is 0 Å². The third-order valence-electron chi connectivity index (χ3n) is 2.51. The molecule has 8 heteroatoms. The van der Waals surface area contributed by atoms with Gasteiger partial charge < -0.3 is 5.11 Å². The van der Waals surface area contributed by atoms with Crippen molar-refractivity contribution < 1.29 is 9.32 Å². The quantitative estimate of drug-likeness (QED) is 0.867. The second-order valence-corrected chi connectivity index (χ2v) is 5.13. The van der Waals surface area contributed by atoms with Gasteiger partial charge >= 0.3 is 0 Å². The Morgan fingerprint density at radius 3 is 2.84 bits per heavy atom. The van der Waals surface area contributed by atoms with E-state index in [1.165, 1.54) is 23.4 Å². The number of hydrogen-bond acceptors (Lipinski definition) is 4. The van der Waals surface area contributed by atoms with Crippen LogP contribution in [-0.4, -0.2) is 29.4 Å². The highest BCUT2D eigenvalue weighted by Gasteiger charge is 2.30. The standard InChI is InChI=1S/C11H9Cl2N3O2S/c12-8-1-2-9(10(13)3-8)11(17,5-19-18)4-16-7-14-6-15-16/h1-3,5-7,17H,4H2. The third kappa shape index (κ3) is 3.22. The zero-order valence-corrected chi connectivity index (χ0v) is 11.9. The molecule has 0 aliphatic carbocycles. The van der Waals surface area contributed by atoms with Crippen molar-refractivity contribution in [1.82, 2.24) is 14.8 Å². The molecule has 2 rings (SSSR count). The van der Waals surface area contributed by atoms with Crippen molar-refractivity contribution in [2.75, 3.05) is 0 Å². The summed E-state index contributed by atoms with van der Waals surface area (Å²) in [7, 11) is 0. The molecular formula is C11H9Cl2N3O2S. The molecule has 1 N–H and O–H groups in total. The Hall–Kier alpha value is -1.21. The first-order valence-electron chi connectivity index (χ1n) is 5.18. The number of aromatic nitrogens is 3. The molecule has 0 fully saturated rings. The first-order valence-corrected chi connectivity index (χ1v) is 6.74. The lowest BCUT2D eigenvalue weighted by molar-refractivity contribution is 0.0940. The highest BCUT2D eigenvalue weighted by molar-refractivity contribution is 7.65. The monoisotopic (exact) mass is 317 g/mol. The number of nitrogens with zero attached hydrogens (tertiary/aromatic N) is 3. The summed E-state index contributed by atoms with van der Waals surface area (Å²) < 4.78 is 12.2. The van der Waals surface area contributed by atoms with E-state index in [0.29, 0.717) is 10.6 Å². The lowest BCUT2D eigenvalue weighted by atomic mass is 9.96. The number of halogens is 2. The Bertz CT molecular complexity index is 629. The maximum absolute atomic E-state index is 10.8. The molecule has 19 heavy (non-hydrogen) atoms.